The molecule has 3 rings (SSSR count). The Labute approximate surface area is 151 Å². The van der Waals surface area contributed by atoms with E-state index in [1.165, 1.54) is 6.07 Å². The van der Waals surface area contributed by atoms with Crippen LogP contribution in [0.15, 0.2) is 42.5 Å². The smallest absolute Gasteiger partial charge is 0.387 e. The van der Waals surface area contributed by atoms with Crippen LogP contribution in [0.2, 0.25) is 0 Å². The Kier molecular flexibility index (Phi) is 5.71. The Morgan fingerprint density at radius 2 is 2.08 bits per heavy atom. The second-order valence-electron chi connectivity index (χ2n) is 6.45. The van der Waals surface area contributed by atoms with Crippen molar-refractivity contribution in [2.75, 3.05) is 5.73 Å². The van der Waals surface area contributed by atoms with E-state index in [1.54, 1.807) is 12.1 Å². The monoisotopic (exact) mass is 360 g/mol. The van der Waals surface area contributed by atoms with E-state index in [2.05, 4.69) is 10.1 Å². The van der Waals surface area contributed by atoms with Crippen LogP contribution >= 0.6 is 0 Å². The van der Waals surface area contributed by atoms with Gasteiger partial charge in [0.1, 0.15) is 5.75 Å². The van der Waals surface area contributed by atoms with Crippen LogP contribution in [0, 0.1) is 0 Å². The van der Waals surface area contributed by atoms with Crippen molar-refractivity contribution in [2.45, 2.75) is 44.8 Å². The van der Waals surface area contributed by atoms with Gasteiger partial charge in [-0.25, -0.2) is 0 Å². The lowest BCUT2D eigenvalue weighted by atomic mass is 9.87. The first kappa shape index (κ1) is 18.2. The van der Waals surface area contributed by atoms with Crippen LogP contribution in [0.4, 0.5) is 14.5 Å². The molecular formula is C20H22F2N2O2. The summed E-state index contributed by atoms with van der Waals surface area (Å²) in [5, 5.41) is 3.06. The molecule has 0 spiro atoms. The minimum Gasteiger partial charge on any atom is -0.435 e. The molecular weight excluding hydrogens is 338 g/mol. The number of nitrogen functional groups attached to an aromatic ring is 1. The van der Waals surface area contributed by atoms with Crippen molar-refractivity contribution in [1.82, 2.24) is 5.32 Å². The summed E-state index contributed by atoms with van der Waals surface area (Å²) in [4.78, 5) is 12.3. The summed E-state index contributed by atoms with van der Waals surface area (Å²) >= 11 is 0. The predicted octanol–water partition coefficient (Wildman–Crippen LogP) is 4.00. The molecule has 0 fully saturated rings. The Hall–Kier alpha value is -2.63. The molecule has 0 saturated heterocycles. The van der Waals surface area contributed by atoms with Gasteiger partial charge in [-0.15, -0.1) is 0 Å². The van der Waals surface area contributed by atoms with Crippen LogP contribution in [-0.2, 0) is 17.6 Å². The molecule has 2 aromatic carbocycles. The van der Waals surface area contributed by atoms with Crippen LogP contribution < -0.4 is 15.8 Å². The first-order chi connectivity index (χ1) is 12.5. The standard InChI is InChI=1S/C20H22F2N2O2/c21-20(22)26-15-9-10-16-14(12-15)5-3-7-18(16)24-19(25)11-8-13-4-1-2-6-17(13)23/h1-2,4,6,9-10,12,18,20H,3,5,7-8,11,23H2,(H,24,25). The summed E-state index contributed by atoms with van der Waals surface area (Å²) in [6.07, 6.45) is 3.46. The second kappa shape index (κ2) is 8.17. The average Bonchev–Trinajstić information content (AvgIpc) is 2.60. The van der Waals surface area contributed by atoms with Gasteiger partial charge in [0.05, 0.1) is 6.04 Å². The molecule has 0 radical (unpaired) electrons. The van der Waals surface area contributed by atoms with Gasteiger partial charge in [0.25, 0.3) is 0 Å². The number of amides is 1. The number of para-hydroxylation sites is 1. The van der Waals surface area contributed by atoms with Crippen molar-refractivity contribution in [3.8, 4) is 5.75 Å². The third-order valence-corrected chi connectivity index (χ3v) is 4.67. The largest absolute Gasteiger partial charge is 0.435 e. The van der Waals surface area contributed by atoms with Gasteiger partial charge in [0, 0.05) is 12.1 Å². The van der Waals surface area contributed by atoms with E-state index in [0.717, 1.165) is 36.0 Å². The molecule has 3 N–H and O–H groups in total. The van der Waals surface area contributed by atoms with E-state index >= 15 is 0 Å². The van der Waals surface area contributed by atoms with Crippen molar-refractivity contribution in [3.63, 3.8) is 0 Å². The molecule has 26 heavy (non-hydrogen) atoms. The van der Waals surface area contributed by atoms with Gasteiger partial charge < -0.3 is 15.8 Å². The first-order valence-electron chi connectivity index (χ1n) is 8.73. The van der Waals surface area contributed by atoms with Crippen molar-refractivity contribution < 1.29 is 18.3 Å². The zero-order valence-corrected chi connectivity index (χ0v) is 14.4. The molecule has 0 heterocycles. The third kappa shape index (κ3) is 4.50. The molecule has 1 aliphatic carbocycles. The summed E-state index contributed by atoms with van der Waals surface area (Å²) in [5.41, 5.74) is 9.48. The Morgan fingerprint density at radius 3 is 2.85 bits per heavy atom. The topological polar surface area (TPSA) is 64.4 Å². The Balaban J connectivity index is 1.62. The average molecular weight is 360 g/mol. The number of nitrogens with one attached hydrogen (secondary N) is 1. The first-order valence-corrected chi connectivity index (χ1v) is 8.73. The second-order valence-corrected chi connectivity index (χ2v) is 6.45. The van der Waals surface area contributed by atoms with Crippen LogP contribution in [0.5, 0.6) is 5.75 Å². The number of aryl methyl sites for hydroxylation is 2. The number of carbonyl (C=O) groups excluding carboxylic acids is 1. The highest BCUT2D eigenvalue weighted by Gasteiger charge is 2.22. The SMILES string of the molecule is Nc1ccccc1CCC(=O)NC1CCCc2cc(OC(F)F)ccc21. The molecule has 0 bridgehead atoms. The van der Waals surface area contributed by atoms with Crippen LogP contribution in [0.25, 0.3) is 0 Å². The zero-order chi connectivity index (χ0) is 18.5. The van der Waals surface area contributed by atoms with Gasteiger partial charge in [-0.2, -0.15) is 8.78 Å². The van der Waals surface area contributed by atoms with Crippen molar-refractivity contribution in [3.05, 3.63) is 59.2 Å². The normalized spacial score (nSPS) is 16.2. The highest BCUT2D eigenvalue weighted by molar-refractivity contribution is 5.77. The minimum atomic E-state index is -2.84. The van der Waals surface area contributed by atoms with E-state index in [9.17, 15) is 13.6 Å². The number of rotatable bonds is 6. The summed E-state index contributed by atoms with van der Waals surface area (Å²) in [6, 6.07) is 12.4. The molecule has 4 nitrogen and oxygen atoms in total. The molecule has 2 aromatic rings. The molecule has 1 unspecified atom stereocenters. The maximum absolute atomic E-state index is 12.4. The molecule has 1 aliphatic rings. The molecule has 0 aromatic heterocycles. The number of hydrogen-bond donors (Lipinski definition) is 2. The maximum atomic E-state index is 12.4. The quantitative estimate of drug-likeness (QED) is 0.766. The summed E-state index contributed by atoms with van der Waals surface area (Å²) in [7, 11) is 0. The van der Waals surface area contributed by atoms with Gasteiger partial charge in [0.15, 0.2) is 0 Å². The highest BCUT2D eigenvalue weighted by atomic mass is 19.3. The lowest BCUT2D eigenvalue weighted by Crippen LogP contribution is -2.31. The number of nitrogens with two attached hydrogens (primary N) is 1. The minimum absolute atomic E-state index is 0.0426. The van der Waals surface area contributed by atoms with Gasteiger partial charge >= 0.3 is 6.61 Å². The van der Waals surface area contributed by atoms with E-state index in [-0.39, 0.29) is 17.7 Å². The van der Waals surface area contributed by atoms with Gasteiger partial charge in [0.2, 0.25) is 5.91 Å². The van der Waals surface area contributed by atoms with Gasteiger partial charge in [-0.3, -0.25) is 4.79 Å². The Morgan fingerprint density at radius 1 is 1.27 bits per heavy atom. The molecule has 0 saturated carbocycles. The predicted molar refractivity (Wildman–Crippen MR) is 96.1 cm³/mol. The van der Waals surface area contributed by atoms with Crippen LogP contribution in [0.1, 0.15) is 42.0 Å². The van der Waals surface area contributed by atoms with Crippen LogP contribution in [0.3, 0.4) is 0 Å². The van der Waals surface area contributed by atoms with Gasteiger partial charge in [-0.1, -0.05) is 24.3 Å². The lowest BCUT2D eigenvalue weighted by Gasteiger charge is -2.27. The third-order valence-electron chi connectivity index (χ3n) is 4.67. The molecule has 0 aliphatic heterocycles. The number of anilines is 1. The van der Waals surface area contributed by atoms with E-state index in [0.29, 0.717) is 18.5 Å². The maximum Gasteiger partial charge on any atom is 0.387 e. The fraction of sp³-hybridized carbons (Fsp3) is 0.350. The van der Waals surface area contributed by atoms with E-state index in [4.69, 9.17) is 5.73 Å². The van der Waals surface area contributed by atoms with E-state index < -0.39 is 6.61 Å². The number of alkyl halides is 2. The number of hydrogen-bond acceptors (Lipinski definition) is 3. The number of ether oxygens (including phenoxy) is 1. The summed E-state index contributed by atoms with van der Waals surface area (Å²) in [6.45, 7) is -2.84. The molecule has 1 atom stereocenters. The molecule has 138 valence electrons. The van der Waals surface area contributed by atoms with Crippen molar-refractivity contribution in [2.24, 2.45) is 0 Å². The number of benzene rings is 2. The number of halogens is 2. The number of carbonyl (C=O) groups is 1. The van der Waals surface area contributed by atoms with Crippen molar-refractivity contribution in [1.29, 1.82) is 0 Å². The molecule has 1 amide bonds. The lowest BCUT2D eigenvalue weighted by molar-refractivity contribution is -0.121. The summed E-state index contributed by atoms with van der Waals surface area (Å²) < 4.78 is 29.2. The fourth-order valence-corrected chi connectivity index (χ4v) is 3.39. The highest BCUT2D eigenvalue weighted by Crippen LogP contribution is 2.32. The van der Waals surface area contributed by atoms with Gasteiger partial charge in [-0.05, 0) is 60.6 Å². The molecule has 6 heteroatoms. The van der Waals surface area contributed by atoms with Crippen LogP contribution in [-0.4, -0.2) is 12.5 Å². The zero-order valence-electron chi connectivity index (χ0n) is 14.4. The Bertz CT molecular complexity index is 780. The van der Waals surface area contributed by atoms with Crippen molar-refractivity contribution >= 4 is 11.6 Å². The summed E-state index contributed by atoms with van der Waals surface area (Å²) in [5.74, 6) is 0.115. The fourth-order valence-electron chi connectivity index (χ4n) is 3.39. The number of fused-ring (bicyclic) bond motifs is 1. The van der Waals surface area contributed by atoms with E-state index in [1.807, 2.05) is 24.3 Å².